The fourth-order valence-electron chi connectivity index (χ4n) is 5.92. The van der Waals surface area contributed by atoms with Crippen LogP contribution in [0.5, 0.6) is 0 Å². The van der Waals surface area contributed by atoms with E-state index in [9.17, 15) is 14.0 Å². The third-order valence-corrected chi connectivity index (χ3v) is 8.42. The number of aromatic nitrogens is 2. The molecule has 0 saturated carbocycles. The van der Waals surface area contributed by atoms with Gasteiger partial charge < -0.3 is 24.6 Å². The molecule has 2 aromatic rings. The van der Waals surface area contributed by atoms with Gasteiger partial charge in [0.1, 0.15) is 11.4 Å². The highest BCUT2D eigenvalue weighted by Crippen LogP contribution is 2.37. The number of carbonyl (C=O) groups excluding carboxylic acids is 2. The van der Waals surface area contributed by atoms with Crippen molar-refractivity contribution in [1.82, 2.24) is 19.8 Å². The first-order valence-electron chi connectivity index (χ1n) is 14.4. The van der Waals surface area contributed by atoms with Gasteiger partial charge in [-0.1, -0.05) is 17.7 Å². The van der Waals surface area contributed by atoms with Crippen molar-refractivity contribution in [3.63, 3.8) is 0 Å². The average molecular weight is 588 g/mol. The van der Waals surface area contributed by atoms with Crippen molar-refractivity contribution >= 4 is 29.5 Å². The van der Waals surface area contributed by atoms with E-state index in [1.165, 1.54) is 12.1 Å². The molecule has 2 fully saturated rings. The zero-order chi connectivity index (χ0) is 29.3. The Hall–Kier alpha value is -2.98. The Morgan fingerprint density at radius 2 is 1.95 bits per heavy atom. The molecular weight excluding hydrogens is 549 g/mol. The minimum Gasteiger partial charge on any atom is -0.444 e. The topological polar surface area (TPSA) is 96.9 Å². The van der Waals surface area contributed by atoms with Crippen molar-refractivity contribution in [3.05, 3.63) is 52.1 Å². The maximum atomic E-state index is 14.6. The van der Waals surface area contributed by atoms with E-state index in [2.05, 4.69) is 10.3 Å². The third kappa shape index (κ3) is 6.92. The SMILES string of the molecule is C[C@@H]1Cc2cnc(NC3CCOCC3)nc2CN1C(=O)C1CCN(C(=O)OC(C)(C)C)C[C@H]1c1ccc(Cl)c(F)c1. The van der Waals surface area contributed by atoms with Crippen LogP contribution in [-0.2, 0) is 27.2 Å². The monoisotopic (exact) mass is 587 g/mol. The van der Waals surface area contributed by atoms with Gasteiger partial charge in [-0.05, 0) is 76.6 Å². The Labute approximate surface area is 245 Å². The molecule has 0 radical (unpaired) electrons. The summed E-state index contributed by atoms with van der Waals surface area (Å²) in [4.78, 5) is 40.0. The van der Waals surface area contributed by atoms with E-state index in [1.54, 1.807) is 11.0 Å². The van der Waals surface area contributed by atoms with Gasteiger partial charge in [-0.3, -0.25) is 4.79 Å². The maximum Gasteiger partial charge on any atom is 0.410 e. The minimum absolute atomic E-state index is 0.0162. The first kappa shape index (κ1) is 29.5. The van der Waals surface area contributed by atoms with Crippen LogP contribution in [-0.4, -0.2) is 75.8 Å². The Morgan fingerprint density at radius 1 is 1.20 bits per heavy atom. The lowest BCUT2D eigenvalue weighted by molar-refractivity contribution is -0.141. The smallest absolute Gasteiger partial charge is 0.410 e. The molecule has 222 valence electrons. The second-order valence-corrected chi connectivity index (χ2v) is 12.7. The Morgan fingerprint density at radius 3 is 2.66 bits per heavy atom. The number of anilines is 1. The number of carbonyl (C=O) groups is 2. The molecular formula is C30H39ClFN5O4. The van der Waals surface area contributed by atoms with E-state index >= 15 is 0 Å². The average Bonchev–Trinajstić information content (AvgIpc) is 2.93. The first-order valence-corrected chi connectivity index (χ1v) is 14.8. The van der Waals surface area contributed by atoms with Crippen LogP contribution in [0.4, 0.5) is 15.1 Å². The van der Waals surface area contributed by atoms with Crippen LogP contribution >= 0.6 is 11.6 Å². The zero-order valence-electron chi connectivity index (χ0n) is 24.2. The number of amides is 2. The fourth-order valence-corrected chi connectivity index (χ4v) is 6.04. The summed E-state index contributed by atoms with van der Waals surface area (Å²) in [5, 5.41) is 3.43. The molecule has 3 aliphatic heterocycles. The molecule has 9 nitrogen and oxygen atoms in total. The second kappa shape index (κ2) is 12.1. The molecule has 0 spiro atoms. The standard InChI is InChI=1S/C30H39ClFN5O4/c1-18-13-20-15-33-28(34-21-8-11-40-12-9-21)35-26(20)17-37(18)27(38)22-7-10-36(29(39)41-30(2,3)4)16-23(22)19-5-6-24(31)25(32)14-19/h5-6,14-15,18,21-23H,7-13,16-17H2,1-4H3,(H,33,34,35)/t18-,22?,23+/m1/s1. The van der Waals surface area contributed by atoms with Gasteiger partial charge in [0.2, 0.25) is 11.9 Å². The van der Waals surface area contributed by atoms with E-state index in [1.807, 2.05) is 38.8 Å². The summed E-state index contributed by atoms with van der Waals surface area (Å²) in [5.74, 6) is -0.866. The van der Waals surface area contributed by atoms with Gasteiger partial charge in [0, 0.05) is 56.4 Å². The van der Waals surface area contributed by atoms with Crippen molar-refractivity contribution in [1.29, 1.82) is 0 Å². The molecule has 11 heteroatoms. The second-order valence-electron chi connectivity index (χ2n) is 12.3. The number of hydrogen-bond acceptors (Lipinski definition) is 7. The van der Waals surface area contributed by atoms with E-state index in [0.717, 1.165) is 24.1 Å². The van der Waals surface area contributed by atoms with Crippen LogP contribution in [0.2, 0.25) is 5.02 Å². The fraction of sp³-hybridized carbons (Fsp3) is 0.600. The first-order chi connectivity index (χ1) is 19.5. The molecule has 3 aliphatic rings. The van der Waals surface area contributed by atoms with Crippen LogP contribution in [0.1, 0.15) is 69.7 Å². The summed E-state index contributed by atoms with van der Waals surface area (Å²) in [5.41, 5.74) is 1.85. The molecule has 1 aromatic heterocycles. The van der Waals surface area contributed by atoms with Crippen LogP contribution in [0.25, 0.3) is 0 Å². The Kier molecular flexibility index (Phi) is 8.70. The molecule has 2 amide bonds. The largest absolute Gasteiger partial charge is 0.444 e. The third-order valence-electron chi connectivity index (χ3n) is 8.11. The molecule has 1 unspecified atom stereocenters. The van der Waals surface area contributed by atoms with Gasteiger partial charge >= 0.3 is 6.09 Å². The summed E-state index contributed by atoms with van der Waals surface area (Å²) < 4.78 is 25.6. The quantitative estimate of drug-likeness (QED) is 0.527. The van der Waals surface area contributed by atoms with Gasteiger partial charge in [-0.25, -0.2) is 19.2 Å². The highest BCUT2D eigenvalue weighted by Gasteiger charge is 2.42. The predicted molar refractivity (Wildman–Crippen MR) is 153 cm³/mol. The Balaban J connectivity index is 1.37. The minimum atomic E-state index is -0.650. The number of ether oxygens (including phenoxy) is 2. The van der Waals surface area contributed by atoms with E-state index in [0.29, 0.717) is 50.7 Å². The van der Waals surface area contributed by atoms with Crippen molar-refractivity contribution in [3.8, 4) is 0 Å². The molecule has 41 heavy (non-hydrogen) atoms. The summed E-state index contributed by atoms with van der Waals surface area (Å²) in [6, 6.07) is 4.83. The number of nitrogens with one attached hydrogen (secondary N) is 1. The Bertz CT molecular complexity index is 1280. The zero-order valence-corrected chi connectivity index (χ0v) is 24.9. The summed E-state index contributed by atoms with van der Waals surface area (Å²) in [7, 11) is 0. The number of fused-ring (bicyclic) bond motifs is 1. The highest BCUT2D eigenvalue weighted by atomic mass is 35.5. The normalized spacial score (nSPS) is 23.6. The van der Waals surface area contributed by atoms with Crippen LogP contribution in [0.3, 0.4) is 0 Å². The molecule has 0 bridgehead atoms. The highest BCUT2D eigenvalue weighted by molar-refractivity contribution is 6.30. The lowest BCUT2D eigenvalue weighted by atomic mass is 9.79. The molecule has 0 aliphatic carbocycles. The number of halogens is 2. The van der Waals surface area contributed by atoms with Crippen molar-refractivity contribution < 1.29 is 23.5 Å². The number of hydrogen-bond donors (Lipinski definition) is 1. The van der Waals surface area contributed by atoms with Gasteiger partial charge in [0.05, 0.1) is 17.3 Å². The number of likely N-dealkylation sites (tertiary alicyclic amines) is 1. The van der Waals surface area contributed by atoms with Crippen molar-refractivity contribution in [2.75, 3.05) is 31.6 Å². The summed E-state index contributed by atoms with van der Waals surface area (Å²) in [6.45, 7) is 9.90. The molecule has 1 aromatic carbocycles. The van der Waals surface area contributed by atoms with Crippen molar-refractivity contribution in [2.45, 2.75) is 83.5 Å². The van der Waals surface area contributed by atoms with Crippen LogP contribution in [0, 0.1) is 11.7 Å². The van der Waals surface area contributed by atoms with Crippen molar-refractivity contribution in [2.24, 2.45) is 5.92 Å². The molecule has 2 saturated heterocycles. The molecule has 5 rings (SSSR count). The van der Waals surface area contributed by atoms with Crippen LogP contribution < -0.4 is 5.32 Å². The maximum absolute atomic E-state index is 14.6. The number of piperidine rings is 1. The van der Waals surface area contributed by atoms with E-state index in [4.69, 9.17) is 26.1 Å². The number of nitrogens with zero attached hydrogens (tertiary/aromatic N) is 4. The van der Waals surface area contributed by atoms with E-state index in [-0.39, 0.29) is 29.6 Å². The number of rotatable bonds is 4. The summed E-state index contributed by atoms with van der Waals surface area (Å²) >= 11 is 5.98. The summed E-state index contributed by atoms with van der Waals surface area (Å²) in [6.07, 6.45) is 4.30. The molecule has 3 atom stereocenters. The van der Waals surface area contributed by atoms with Crippen LogP contribution in [0.15, 0.2) is 24.4 Å². The number of benzene rings is 1. The van der Waals surface area contributed by atoms with Gasteiger partial charge in [-0.2, -0.15) is 0 Å². The molecule has 1 N–H and O–H groups in total. The predicted octanol–water partition coefficient (Wildman–Crippen LogP) is 5.17. The lowest BCUT2D eigenvalue weighted by Crippen LogP contribution is -2.52. The van der Waals surface area contributed by atoms with Gasteiger partial charge in [0.25, 0.3) is 0 Å². The van der Waals surface area contributed by atoms with Gasteiger partial charge in [0.15, 0.2) is 0 Å². The lowest BCUT2D eigenvalue weighted by Gasteiger charge is -2.42. The molecule has 4 heterocycles. The van der Waals surface area contributed by atoms with Gasteiger partial charge in [-0.15, -0.1) is 0 Å². The van der Waals surface area contributed by atoms with E-state index < -0.39 is 29.3 Å².